The zero-order valence-electron chi connectivity index (χ0n) is 13.6. The van der Waals surface area contributed by atoms with Crippen molar-refractivity contribution in [3.8, 4) is 0 Å². The Hall–Kier alpha value is -0.0800. The van der Waals surface area contributed by atoms with Crippen molar-refractivity contribution in [2.24, 2.45) is 5.41 Å². The molecule has 0 radical (unpaired) electrons. The molecule has 0 amide bonds. The Morgan fingerprint density at radius 2 is 1.68 bits per heavy atom. The fourth-order valence-electron chi connectivity index (χ4n) is 2.76. The Morgan fingerprint density at radius 1 is 1.05 bits per heavy atom. The van der Waals surface area contributed by atoms with Crippen LogP contribution < -0.4 is 5.32 Å². The number of ether oxygens (including phenoxy) is 1. The van der Waals surface area contributed by atoms with E-state index >= 15 is 0 Å². The fraction of sp³-hybridized carbons (Fsp3) is 1.00. The summed E-state index contributed by atoms with van der Waals surface area (Å²) in [7, 11) is 0. The molecule has 0 heterocycles. The Morgan fingerprint density at radius 3 is 2.32 bits per heavy atom. The largest absolute Gasteiger partial charge is 0.378 e. The van der Waals surface area contributed by atoms with Crippen molar-refractivity contribution in [3.05, 3.63) is 0 Å². The molecule has 2 heteroatoms. The van der Waals surface area contributed by atoms with Gasteiger partial charge in [0.05, 0.1) is 6.10 Å². The van der Waals surface area contributed by atoms with Gasteiger partial charge in [0.15, 0.2) is 0 Å². The molecule has 0 aromatic carbocycles. The van der Waals surface area contributed by atoms with Crippen LogP contribution in [0.5, 0.6) is 0 Å². The molecule has 2 nitrogen and oxygen atoms in total. The molecule has 0 spiro atoms. The first-order valence-corrected chi connectivity index (χ1v) is 8.34. The lowest BCUT2D eigenvalue weighted by molar-refractivity contribution is 0.00273. The summed E-state index contributed by atoms with van der Waals surface area (Å²) >= 11 is 0. The van der Waals surface area contributed by atoms with Crippen molar-refractivity contribution in [2.45, 2.75) is 91.2 Å². The first-order chi connectivity index (χ1) is 8.99. The average molecular weight is 269 g/mol. The minimum absolute atomic E-state index is 0.552. The van der Waals surface area contributed by atoms with Crippen LogP contribution in [-0.2, 0) is 4.74 Å². The second-order valence-electron chi connectivity index (χ2n) is 7.26. The molecule has 0 aromatic heterocycles. The minimum atomic E-state index is 0.552. The first kappa shape index (κ1) is 17.0. The maximum absolute atomic E-state index is 6.01. The van der Waals surface area contributed by atoms with E-state index in [9.17, 15) is 0 Å². The molecule has 0 bridgehead atoms. The normalized spacial score (nSPS) is 20.1. The second kappa shape index (κ2) is 8.97. The number of hydrogen-bond donors (Lipinski definition) is 1. The molecule has 1 aliphatic rings. The molecule has 19 heavy (non-hydrogen) atoms. The highest BCUT2D eigenvalue weighted by Crippen LogP contribution is 2.36. The third-order valence-electron chi connectivity index (χ3n) is 4.26. The Balaban J connectivity index is 1.86. The highest BCUT2D eigenvalue weighted by molar-refractivity contribution is 4.78. The molecule has 1 N–H and O–H groups in total. The standard InChI is InChI=1S/C17H35NO/c1-15(2)18-13-7-5-6-8-14-19-16-9-11-17(3,4)12-10-16/h15-16,18H,5-14H2,1-4H3. The first-order valence-electron chi connectivity index (χ1n) is 8.34. The van der Waals surface area contributed by atoms with Crippen molar-refractivity contribution in [1.82, 2.24) is 5.32 Å². The summed E-state index contributed by atoms with van der Waals surface area (Å²) in [5.74, 6) is 0. The summed E-state index contributed by atoms with van der Waals surface area (Å²) in [5, 5.41) is 3.46. The summed E-state index contributed by atoms with van der Waals surface area (Å²) in [6.07, 6.45) is 10.9. The van der Waals surface area contributed by atoms with Gasteiger partial charge < -0.3 is 10.1 Å². The van der Waals surface area contributed by atoms with E-state index in [0.29, 0.717) is 17.6 Å². The van der Waals surface area contributed by atoms with E-state index in [2.05, 4.69) is 33.0 Å². The van der Waals surface area contributed by atoms with Gasteiger partial charge in [0, 0.05) is 12.6 Å². The molecular weight excluding hydrogens is 234 g/mol. The molecular formula is C17H35NO. The molecule has 1 rings (SSSR count). The summed E-state index contributed by atoms with van der Waals surface area (Å²) in [4.78, 5) is 0. The van der Waals surface area contributed by atoms with Crippen LogP contribution in [0.2, 0.25) is 0 Å². The van der Waals surface area contributed by atoms with Crippen LogP contribution in [0.4, 0.5) is 0 Å². The maximum atomic E-state index is 6.01. The monoisotopic (exact) mass is 269 g/mol. The second-order valence-corrected chi connectivity index (χ2v) is 7.26. The van der Waals surface area contributed by atoms with E-state index in [1.165, 1.54) is 51.4 Å². The lowest BCUT2D eigenvalue weighted by Crippen LogP contribution is -2.26. The SMILES string of the molecule is CC(C)NCCCCCCOC1CCC(C)(C)CC1. The number of nitrogens with one attached hydrogen (secondary N) is 1. The van der Waals surface area contributed by atoms with E-state index in [1.54, 1.807) is 0 Å². The van der Waals surface area contributed by atoms with Gasteiger partial charge in [0.2, 0.25) is 0 Å². The molecule has 1 aliphatic carbocycles. The Bertz CT molecular complexity index is 215. The highest BCUT2D eigenvalue weighted by atomic mass is 16.5. The lowest BCUT2D eigenvalue weighted by atomic mass is 9.76. The Kier molecular flexibility index (Phi) is 8.01. The quantitative estimate of drug-likeness (QED) is 0.621. The van der Waals surface area contributed by atoms with Crippen molar-refractivity contribution < 1.29 is 4.74 Å². The van der Waals surface area contributed by atoms with E-state index in [4.69, 9.17) is 4.74 Å². The zero-order valence-corrected chi connectivity index (χ0v) is 13.6. The van der Waals surface area contributed by atoms with Crippen LogP contribution in [0.3, 0.4) is 0 Å². The molecule has 0 aromatic rings. The minimum Gasteiger partial charge on any atom is -0.378 e. The molecule has 0 atom stereocenters. The van der Waals surface area contributed by atoms with Crippen LogP contribution in [0.1, 0.15) is 79.1 Å². The third kappa shape index (κ3) is 8.65. The number of hydrogen-bond acceptors (Lipinski definition) is 2. The van der Waals surface area contributed by atoms with Crippen LogP contribution in [-0.4, -0.2) is 25.3 Å². The van der Waals surface area contributed by atoms with Gasteiger partial charge in [0.25, 0.3) is 0 Å². The van der Waals surface area contributed by atoms with Crippen molar-refractivity contribution >= 4 is 0 Å². The number of rotatable bonds is 9. The van der Waals surface area contributed by atoms with E-state index in [-0.39, 0.29) is 0 Å². The molecule has 0 aliphatic heterocycles. The topological polar surface area (TPSA) is 21.3 Å². The summed E-state index contributed by atoms with van der Waals surface area (Å²) in [6, 6.07) is 0.624. The van der Waals surface area contributed by atoms with Gasteiger partial charge in [-0.2, -0.15) is 0 Å². The van der Waals surface area contributed by atoms with E-state index < -0.39 is 0 Å². The van der Waals surface area contributed by atoms with Gasteiger partial charge in [-0.25, -0.2) is 0 Å². The van der Waals surface area contributed by atoms with Gasteiger partial charge in [0.1, 0.15) is 0 Å². The molecule has 0 unspecified atom stereocenters. The van der Waals surface area contributed by atoms with Crippen LogP contribution in [0, 0.1) is 5.41 Å². The Labute approximate surface area is 120 Å². The predicted molar refractivity (Wildman–Crippen MR) is 83.6 cm³/mol. The zero-order chi connectivity index (χ0) is 14.1. The van der Waals surface area contributed by atoms with Gasteiger partial charge >= 0.3 is 0 Å². The van der Waals surface area contributed by atoms with Gasteiger partial charge in [-0.3, -0.25) is 0 Å². The van der Waals surface area contributed by atoms with E-state index in [1.807, 2.05) is 0 Å². The number of unbranched alkanes of at least 4 members (excludes halogenated alkanes) is 3. The van der Waals surface area contributed by atoms with Crippen molar-refractivity contribution in [1.29, 1.82) is 0 Å². The average Bonchev–Trinajstić information content (AvgIpc) is 2.34. The van der Waals surface area contributed by atoms with Crippen molar-refractivity contribution in [3.63, 3.8) is 0 Å². The highest BCUT2D eigenvalue weighted by Gasteiger charge is 2.26. The molecule has 0 saturated heterocycles. The maximum Gasteiger partial charge on any atom is 0.0575 e. The molecule has 1 fully saturated rings. The summed E-state index contributed by atoms with van der Waals surface area (Å²) in [6.45, 7) is 11.3. The van der Waals surface area contributed by atoms with Crippen LogP contribution >= 0.6 is 0 Å². The van der Waals surface area contributed by atoms with Crippen molar-refractivity contribution in [2.75, 3.05) is 13.2 Å². The molecule has 1 saturated carbocycles. The summed E-state index contributed by atoms with van der Waals surface area (Å²) in [5.41, 5.74) is 0.559. The smallest absolute Gasteiger partial charge is 0.0575 e. The predicted octanol–water partition coefficient (Wildman–Crippen LogP) is 4.53. The fourth-order valence-corrected chi connectivity index (χ4v) is 2.76. The third-order valence-corrected chi connectivity index (χ3v) is 4.26. The van der Waals surface area contributed by atoms with Crippen LogP contribution in [0.25, 0.3) is 0 Å². The van der Waals surface area contributed by atoms with Gasteiger partial charge in [-0.1, -0.05) is 40.5 Å². The van der Waals surface area contributed by atoms with Crippen LogP contribution in [0.15, 0.2) is 0 Å². The molecule has 114 valence electrons. The van der Waals surface area contributed by atoms with E-state index in [0.717, 1.165) is 13.2 Å². The van der Waals surface area contributed by atoms with Gasteiger partial charge in [-0.05, 0) is 50.5 Å². The van der Waals surface area contributed by atoms with Gasteiger partial charge in [-0.15, -0.1) is 0 Å². The summed E-state index contributed by atoms with van der Waals surface area (Å²) < 4.78 is 6.01. The lowest BCUT2D eigenvalue weighted by Gasteiger charge is -2.34.